The molecule has 0 saturated carbocycles. The number of aromatic nitrogens is 3. The van der Waals surface area contributed by atoms with Crippen molar-refractivity contribution in [2.45, 2.75) is 6.04 Å². The van der Waals surface area contributed by atoms with Crippen LogP contribution in [-0.4, -0.2) is 25.6 Å². The van der Waals surface area contributed by atoms with Crippen LogP contribution in [-0.2, 0) is 0 Å². The minimum atomic E-state index is -0.514. The highest BCUT2D eigenvalue weighted by Crippen LogP contribution is 2.33. The molecule has 0 aliphatic carbocycles. The Bertz CT molecular complexity index is 1350. The predicted molar refractivity (Wildman–Crippen MR) is 124 cm³/mol. The number of allylic oxidation sites excluding steroid dienone is 1. The summed E-state index contributed by atoms with van der Waals surface area (Å²) < 4.78 is 1.72. The number of nitrogens with zero attached hydrogens (tertiary/aromatic N) is 4. The molecule has 1 aliphatic heterocycles. The van der Waals surface area contributed by atoms with Gasteiger partial charge >= 0.3 is 0 Å². The van der Waals surface area contributed by atoms with Gasteiger partial charge in [-0.15, -0.1) is 5.10 Å². The molecule has 1 aliphatic rings. The Kier molecular flexibility index (Phi) is 5.12. The molecule has 0 bridgehead atoms. The van der Waals surface area contributed by atoms with Gasteiger partial charge in [0.1, 0.15) is 6.04 Å². The number of hydrogen-bond donors (Lipinski definition) is 2. The molecule has 1 unspecified atom stereocenters. The van der Waals surface area contributed by atoms with E-state index in [9.17, 15) is 14.9 Å². The summed E-state index contributed by atoms with van der Waals surface area (Å²) in [6.07, 6.45) is 2.06. The minimum Gasteiger partial charge on any atom is -0.324 e. The number of fused-ring (bicyclic) bond motifs is 1. The lowest BCUT2D eigenvalue weighted by molar-refractivity contribution is -0.384. The Morgan fingerprint density at radius 2 is 1.64 bits per heavy atom. The van der Waals surface area contributed by atoms with Crippen LogP contribution in [0.15, 0.2) is 91.0 Å². The molecule has 162 valence electrons. The van der Waals surface area contributed by atoms with E-state index in [0.717, 1.165) is 16.8 Å². The van der Waals surface area contributed by atoms with Gasteiger partial charge in [-0.05, 0) is 29.3 Å². The van der Waals surface area contributed by atoms with Crippen LogP contribution in [0, 0.1) is 10.1 Å². The van der Waals surface area contributed by atoms with E-state index < -0.39 is 10.8 Å². The van der Waals surface area contributed by atoms with E-state index in [2.05, 4.69) is 26.8 Å². The Balaban J connectivity index is 1.46. The summed E-state index contributed by atoms with van der Waals surface area (Å²) in [6, 6.07) is 24.9. The molecule has 1 amide bonds. The van der Waals surface area contributed by atoms with Crippen LogP contribution in [0.3, 0.4) is 0 Å². The molecule has 4 aromatic rings. The Morgan fingerprint density at radius 3 is 2.30 bits per heavy atom. The van der Waals surface area contributed by atoms with Gasteiger partial charge in [-0.1, -0.05) is 60.7 Å². The van der Waals surface area contributed by atoms with Crippen molar-refractivity contribution < 1.29 is 9.72 Å². The topological polar surface area (TPSA) is 115 Å². The van der Waals surface area contributed by atoms with E-state index in [1.165, 1.54) is 24.3 Å². The van der Waals surface area contributed by atoms with Crippen LogP contribution in [0.2, 0.25) is 0 Å². The third-order valence-electron chi connectivity index (χ3n) is 5.26. The average molecular weight is 438 g/mol. The number of nitrogens with one attached hydrogen (secondary N) is 2. The van der Waals surface area contributed by atoms with Crippen LogP contribution in [0.1, 0.15) is 27.5 Å². The zero-order chi connectivity index (χ0) is 22.8. The van der Waals surface area contributed by atoms with Crippen LogP contribution in [0.5, 0.6) is 0 Å². The second-order valence-corrected chi connectivity index (χ2v) is 7.39. The maximum absolute atomic E-state index is 12.6. The van der Waals surface area contributed by atoms with Crippen molar-refractivity contribution in [3.05, 3.63) is 118 Å². The van der Waals surface area contributed by atoms with E-state index in [0.29, 0.717) is 5.95 Å². The zero-order valence-electron chi connectivity index (χ0n) is 17.3. The van der Waals surface area contributed by atoms with Gasteiger partial charge in [0.05, 0.1) is 4.92 Å². The first-order valence-corrected chi connectivity index (χ1v) is 10.2. The predicted octanol–water partition coefficient (Wildman–Crippen LogP) is 4.49. The van der Waals surface area contributed by atoms with Gasteiger partial charge in [0.25, 0.3) is 17.5 Å². The van der Waals surface area contributed by atoms with E-state index in [1.54, 1.807) is 4.68 Å². The highest BCUT2D eigenvalue weighted by atomic mass is 16.6. The molecule has 9 heteroatoms. The summed E-state index contributed by atoms with van der Waals surface area (Å²) in [4.78, 5) is 27.4. The number of nitro groups is 1. The summed E-state index contributed by atoms with van der Waals surface area (Å²) in [6.45, 7) is 0. The highest BCUT2D eigenvalue weighted by Gasteiger charge is 2.26. The SMILES string of the molecule is O=C(Nc1nc2n(n1)C(c1ccccc1)C=C(c1ccccc1)N2)c1ccc([N+](=O)[O-])cc1. The number of benzene rings is 3. The molecule has 0 fully saturated rings. The number of amides is 1. The summed E-state index contributed by atoms with van der Waals surface area (Å²) in [5, 5.41) is 21.3. The molecular weight excluding hydrogens is 420 g/mol. The molecule has 33 heavy (non-hydrogen) atoms. The largest absolute Gasteiger partial charge is 0.324 e. The Labute approximate surface area is 188 Å². The van der Waals surface area contributed by atoms with Crippen LogP contribution >= 0.6 is 0 Å². The maximum atomic E-state index is 12.6. The minimum absolute atomic E-state index is 0.0865. The van der Waals surface area contributed by atoms with Crippen LogP contribution < -0.4 is 10.6 Å². The lowest BCUT2D eigenvalue weighted by atomic mass is 10.0. The summed E-state index contributed by atoms with van der Waals surface area (Å²) >= 11 is 0. The fourth-order valence-electron chi connectivity index (χ4n) is 3.63. The van der Waals surface area contributed by atoms with Crippen LogP contribution in [0.25, 0.3) is 5.70 Å². The highest BCUT2D eigenvalue weighted by molar-refractivity contribution is 6.03. The van der Waals surface area contributed by atoms with Gasteiger partial charge in [-0.25, -0.2) is 4.68 Å². The number of nitro benzene ring substituents is 1. The third kappa shape index (κ3) is 4.07. The average Bonchev–Trinajstić information content (AvgIpc) is 3.26. The molecule has 2 N–H and O–H groups in total. The van der Waals surface area contributed by atoms with Crippen molar-refractivity contribution in [3.63, 3.8) is 0 Å². The Hall–Kier alpha value is -4.79. The standard InChI is InChI=1S/C24H18N6O3/c31-22(18-11-13-19(14-12-18)30(32)33)26-23-27-24-25-20(16-7-3-1-4-8-16)15-21(29(24)28-23)17-9-5-2-6-10-17/h1-15,21H,(H2,25,26,27,28,31). The van der Waals surface area contributed by atoms with Crippen molar-refractivity contribution in [1.29, 1.82) is 0 Å². The first kappa shape index (κ1) is 20.1. The zero-order valence-corrected chi connectivity index (χ0v) is 17.3. The smallest absolute Gasteiger partial charge is 0.269 e. The molecule has 3 aromatic carbocycles. The van der Waals surface area contributed by atoms with Gasteiger partial charge in [0.15, 0.2) is 0 Å². The molecule has 2 heterocycles. The van der Waals surface area contributed by atoms with Gasteiger partial charge < -0.3 is 5.32 Å². The number of rotatable bonds is 5. The summed E-state index contributed by atoms with van der Waals surface area (Å²) in [5.41, 5.74) is 3.09. The van der Waals surface area contributed by atoms with E-state index in [4.69, 9.17) is 0 Å². The van der Waals surface area contributed by atoms with Crippen molar-refractivity contribution in [3.8, 4) is 0 Å². The molecule has 9 nitrogen and oxygen atoms in total. The van der Waals surface area contributed by atoms with E-state index in [-0.39, 0.29) is 23.2 Å². The number of carbonyl (C=O) groups is 1. The van der Waals surface area contributed by atoms with Crippen molar-refractivity contribution in [2.24, 2.45) is 0 Å². The Morgan fingerprint density at radius 1 is 0.970 bits per heavy atom. The molecule has 0 saturated heterocycles. The second-order valence-electron chi connectivity index (χ2n) is 7.39. The lowest BCUT2D eigenvalue weighted by Crippen LogP contribution is -2.20. The fraction of sp³-hybridized carbons (Fsp3) is 0.0417. The van der Waals surface area contributed by atoms with E-state index >= 15 is 0 Å². The number of carbonyl (C=O) groups excluding carboxylic acids is 1. The maximum Gasteiger partial charge on any atom is 0.269 e. The summed E-state index contributed by atoms with van der Waals surface area (Å²) in [5.74, 6) is 0.161. The van der Waals surface area contributed by atoms with Gasteiger partial charge in [-0.3, -0.25) is 20.2 Å². The van der Waals surface area contributed by atoms with Gasteiger partial charge in [0.2, 0.25) is 5.95 Å². The molecule has 1 atom stereocenters. The third-order valence-corrected chi connectivity index (χ3v) is 5.26. The first-order valence-electron chi connectivity index (χ1n) is 10.2. The van der Waals surface area contributed by atoms with Gasteiger partial charge in [0, 0.05) is 23.4 Å². The summed E-state index contributed by atoms with van der Waals surface area (Å²) in [7, 11) is 0. The number of non-ortho nitro benzene ring substituents is 1. The van der Waals surface area contributed by atoms with Crippen molar-refractivity contribution in [2.75, 3.05) is 10.6 Å². The fourth-order valence-corrected chi connectivity index (χ4v) is 3.63. The van der Waals surface area contributed by atoms with Gasteiger partial charge in [-0.2, -0.15) is 4.98 Å². The molecular formula is C24H18N6O3. The number of anilines is 2. The second kappa shape index (κ2) is 8.39. The first-order chi connectivity index (χ1) is 16.1. The molecule has 0 radical (unpaired) electrons. The van der Waals surface area contributed by atoms with Crippen molar-refractivity contribution >= 4 is 29.2 Å². The quantitative estimate of drug-likeness (QED) is 0.350. The molecule has 5 rings (SSSR count). The number of hydrogen-bond acceptors (Lipinski definition) is 6. The monoisotopic (exact) mass is 438 g/mol. The van der Waals surface area contributed by atoms with Crippen molar-refractivity contribution in [1.82, 2.24) is 14.8 Å². The van der Waals surface area contributed by atoms with Crippen LogP contribution in [0.4, 0.5) is 17.6 Å². The molecule has 1 aromatic heterocycles. The molecule has 0 spiro atoms. The normalized spacial score (nSPS) is 14.5. The lowest BCUT2D eigenvalue weighted by Gasteiger charge is -2.24. The van der Waals surface area contributed by atoms with E-state index in [1.807, 2.05) is 60.7 Å².